The number of ether oxygens (including phenoxy) is 1. The van der Waals surface area contributed by atoms with E-state index in [2.05, 4.69) is 46.8 Å². The number of rotatable bonds is 6. The average molecular weight is 438 g/mol. The van der Waals surface area contributed by atoms with Crippen LogP contribution in [0.2, 0.25) is 0 Å². The molecule has 1 aliphatic rings. The zero-order valence-electron chi connectivity index (χ0n) is 13.4. The van der Waals surface area contributed by atoms with Crippen LogP contribution in [0, 0.1) is 0 Å². The first kappa shape index (κ1) is 19.7. The number of thiophene rings is 1. The first-order valence-electron chi connectivity index (χ1n) is 7.44. The van der Waals surface area contributed by atoms with Crippen molar-refractivity contribution in [1.82, 2.24) is 10.2 Å². The second-order valence-electron chi connectivity index (χ2n) is 5.69. The Labute approximate surface area is 154 Å². The van der Waals surface area contributed by atoms with Gasteiger partial charge in [0.25, 0.3) is 0 Å². The molecule has 1 saturated heterocycles. The molecule has 5 nitrogen and oxygen atoms in total. The van der Waals surface area contributed by atoms with Crippen LogP contribution in [0.5, 0.6) is 0 Å². The van der Waals surface area contributed by atoms with Crippen molar-refractivity contribution in [3.63, 3.8) is 0 Å². The van der Waals surface area contributed by atoms with Crippen LogP contribution < -0.4 is 11.1 Å². The number of aliphatic imine (C=N–C) groups is 1. The van der Waals surface area contributed by atoms with Crippen LogP contribution in [0.25, 0.3) is 0 Å². The van der Waals surface area contributed by atoms with Crippen molar-refractivity contribution in [1.29, 1.82) is 0 Å². The molecule has 0 bridgehead atoms. The normalized spacial score (nSPS) is 18.0. The van der Waals surface area contributed by atoms with E-state index in [1.54, 1.807) is 11.3 Å². The Hall–Kier alpha value is -0.380. The maximum atomic E-state index is 5.98. The highest BCUT2D eigenvalue weighted by Gasteiger charge is 2.34. The van der Waals surface area contributed by atoms with Crippen molar-refractivity contribution in [3.05, 3.63) is 22.4 Å². The predicted molar refractivity (Wildman–Crippen MR) is 104 cm³/mol. The fourth-order valence-electron chi connectivity index (χ4n) is 2.55. The molecule has 7 heteroatoms. The highest BCUT2D eigenvalue weighted by atomic mass is 127. The number of guanidine groups is 1. The van der Waals surface area contributed by atoms with E-state index in [0.717, 1.165) is 45.6 Å². The van der Waals surface area contributed by atoms with Gasteiger partial charge in [-0.15, -0.1) is 35.3 Å². The van der Waals surface area contributed by atoms with Gasteiger partial charge in [0.2, 0.25) is 0 Å². The topological polar surface area (TPSA) is 62.9 Å². The molecule has 1 fully saturated rings. The number of halogens is 1. The third kappa shape index (κ3) is 5.68. The molecule has 1 aromatic rings. The van der Waals surface area contributed by atoms with Crippen molar-refractivity contribution in [2.45, 2.75) is 24.8 Å². The molecule has 0 saturated carbocycles. The molecule has 2 heterocycles. The highest BCUT2D eigenvalue weighted by Crippen LogP contribution is 2.26. The van der Waals surface area contributed by atoms with E-state index in [0.29, 0.717) is 5.96 Å². The number of nitrogens with one attached hydrogen (secondary N) is 1. The molecule has 0 aromatic carbocycles. The van der Waals surface area contributed by atoms with Crippen LogP contribution in [0.1, 0.15) is 17.7 Å². The first-order valence-corrected chi connectivity index (χ1v) is 8.32. The van der Waals surface area contributed by atoms with Crippen LogP contribution in [-0.2, 0) is 11.2 Å². The number of hydrogen-bond acceptors (Lipinski definition) is 4. The van der Waals surface area contributed by atoms with Gasteiger partial charge in [0.15, 0.2) is 5.96 Å². The average Bonchev–Trinajstić information content (AvgIpc) is 2.99. The van der Waals surface area contributed by atoms with Crippen molar-refractivity contribution in [3.8, 4) is 0 Å². The summed E-state index contributed by atoms with van der Waals surface area (Å²) in [5, 5.41) is 5.30. The second kappa shape index (κ2) is 9.69. The second-order valence-corrected chi connectivity index (χ2v) is 6.72. The van der Waals surface area contributed by atoms with Gasteiger partial charge in [-0.2, -0.15) is 0 Å². The van der Waals surface area contributed by atoms with E-state index in [4.69, 9.17) is 10.5 Å². The molecular weight excluding hydrogens is 411 g/mol. The van der Waals surface area contributed by atoms with E-state index in [9.17, 15) is 0 Å². The molecule has 0 unspecified atom stereocenters. The van der Waals surface area contributed by atoms with Gasteiger partial charge in [-0.25, -0.2) is 0 Å². The summed E-state index contributed by atoms with van der Waals surface area (Å²) in [5.41, 5.74) is 6.06. The van der Waals surface area contributed by atoms with Gasteiger partial charge in [-0.3, -0.25) is 4.99 Å². The third-order valence-corrected chi connectivity index (χ3v) is 5.11. The Bertz CT molecular complexity index is 444. The fourth-order valence-corrected chi connectivity index (χ4v) is 3.26. The third-order valence-electron chi connectivity index (χ3n) is 4.17. The van der Waals surface area contributed by atoms with Gasteiger partial charge in [-0.05, 0) is 44.8 Å². The van der Waals surface area contributed by atoms with Crippen molar-refractivity contribution in [2.75, 3.05) is 40.4 Å². The van der Waals surface area contributed by atoms with E-state index >= 15 is 0 Å². The molecule has 1 aromatic heterocycles. The summed E-state index contributed by atoms with van der Waals surface area (Å²) in [6.07, 6.45) is 3.00. The number of nitrogens with zero attached hydrogens (tertiary/aromatic N) is 2. The quantitative estimate of drug-likeness (QED) is 0.405. The molecule has 22 heavy (non-hydrogen) atoms. The van der Waals surface area contributed by atoms with Crippen LogP contribution in [0.15, 0.2) is 22.5 Å². The lowest BCUT2D eigenvalue weighted by Crippen LogP contribution is -2.51. The van der Waals surface area contributed by atoms with Crippen molar-refractivity contribution in [2.24, 2.45) is 10.7 Å². The molecule has 0 radical (unpaired) electrons. The fraction of sp³-hybridized carbons (Fsp3) is 0.667. The maximum Gasteiger partial charge on any atom is 0.188 e. The molecule has 0 aliphatic carbocycles. The summed E-state index contributed by atoms with van der Waals surface area (Å²) in [5.74, 6) is 0.541. The summed E-state index contributed by atoms with van der Waals surface area (Å²) < 4.78 is 5.47. The standard InChI is InChI=1S/C15H26N4OS.HI/c1-19(2)15(6-9-20-10-7-15)12-18-14(16)17-8-5-13-4-3-11-21-13;/h3-4,11H,5-10,12H2,1-2H3,(H3,16,17,18);1H. The molecule has 0 amide bonds. The van der Waals surface area contributed by atoms with E-state index in [1.807, 2.05) is 0 Å². The van der Waals surface area contributed by atoms with Crippen molar-refractivity contribution >= 4 is 41.3 Å². The van der Waals surface area contributed by atoms with Gasteiger partial charge in [0, 0.05) is 30.2 Å². The van der Waals surface area contributed by atoms with Gasteiger partial charge >= 0.3 is 0 Å². The summed E-state index contributed by atoms with van der Waals surface area (Å²) >= 11 is 1.77. The van der Waals surface area contributed by atoms with Gasteiger partial charge in [-0.1, -0.05) is 6.07 Å². The molecule has 3 N–H and O–H groups in total. The largest absolute Gasteiger partial charge is 0.381 e. The monoisotopic (exact) mass is 438 g/mol. The first-order chi connectivity index (χ1) is 10.1. The molecule has 0 atom stereocenters. The van der Waals surface area contributed by atoms with Crippen LogP contribution >= 0.6 is 35.3 Å². The number of likely N-dealkylation sites (N-methyl/N-ethyl adjacent to an activating group) is 1. The highest BCUT2D eigenvalue weighted by molar-refractivity contribution is 14.0. The minimum Gasteiger partial charge on any atom is -0.381 e. The lowest BCUT2D eigenvalue weighted by atomic mass is 9.89. The van der Waals surface area contributed by atoms with Crippen molar-refractivity contribution < 1.29 is 4.74 Å². The van der Waals surface area contributed by atoms with Gasteiger partial charge in [0.1, 0.15) is 0 Å². The number of nitrogens with two attached hydrogens (primary N) is 1. The Balaban J connectivity index is 0.00000242. The Morgan fingerprint density at radius 3 is 2.77 bits per heavy atom. The zero-order valence-corrected chi connectivity index (χ0v) is 16.5. The van der Waals surface area contributed by atoms with Crippen LogP contribution in [-0.4, -0.2) is 56.8 Å². The van der Waals surface area contributed by atoms with E-state index < -0.39 is 0 Å². The van der Waals surface area contributed by atoms with Gasteiger partial charge in [0.05, 0.1) is 6.54 Å². The number of hydrogen-bond donors (Lipinski definition) is 2. The summed E-state index contributed by atoms with van der Waals surface area (Å²) in [7, 11) is 4.22. The summed E-state index contributed by atoms with van der Waals surface area (Å²) in [4.78, 5) is 8.18. The van der Waals surface area contributed by atoms with E-state index in [-0.39, 0.29) is 29.5 Å². The van der Waals surface area contributed by atoms with E-state index in [1.165, 1.54) is 4.88 Å². The lowest BCUT2D eigenvalue weighted by molar-refractivity contribution is -0.00252. The molecule has 1 aliphatic heterocycles. The zero-order chi connectivity index (χ0) is 15.1. The Morgan fingerprint density at radius 2 is 2.18 bits per heavy atom. The molecular formula is C15H27IN4OS. The van der Waals surface area contributed by atoms with Gasteiger partial charge < -0.3 is 20.7 Å². The lowest BCUT2D eigenvalue weighted by Gasteiger charge is -2.41. The molecule has 126 valence electrons. The Morgan fingerprint density at radius 1 is 1.45 bits per heavy atom. The predicted octanol–water partition coefficient (Wildman–Crippen LogP) is 1.92. The van der Waals surface area contributed by atoms with Crippen LogP contribution in [0.4, 0.5) is 0 Å². The Kier molecular flexibility index (Phi) is 8.66. The minimum absolute atomic E-state index is 0. The SMILES string of the molecule is CN(C)C1(CN=C(N)NCCc2cccs2)CCOCC1.I. The maximum absolute atomic E-state index is 5.98. The smallest absolute Gasteiger partial charge is 0.188 e. The molecule has 0 spiro atoms. The molecule has 2 rings (SSSR count). The summed E-state index contributed by atoms with van der Waals surface area (Å²) in [6, 6.07) is 4.21. The minimum atomic E-state index is 0. The van der Waals surface area contributed by atoms with Crippen LogP contribution in [0.3, 0.4) is 0 Å². The summed E-state index contributed by atoms with van der Waals surface area (Å²) in [6.45, 7) is 3.16.